The zero-order valence-electron chi connectivity index (χ0n) is 12.5. The minimum atomic E-state index is -4.46. The van der Waals surface area contributed by atoms with Crippen LogP contribution < -0.4 is 5.73 Å². The van der Waals surface area contributed by atoms with Gasteiger partial charge in [0.1, 0.15) is 0 Å². The Bertz CT molecular complexity index is 624. The first-order valence-corrected chi connectivity index (χ1v) is 8.08. The average molecular weight is 347 g/mol. The molecule has 4 rings (SSSR count). The molecule has 0 saturated carbocycles. The van der Waals surface area contributed by atoms with E-state index in [-0.39, 0.29) is 28.5 Å². The number of carbonyl (C=O) groups excluding carboxylic acids is 1. The van der Waals surface area contributed by atoms with Crippen molar-refractivity contribution in [3.63, 3.8) is 0 Å². The zero-order valence-corrected chi connectivity index (χ0v) is 13.3. The number of benzene rings is 1. The van der Waals surface area contributed by atoms with Crippen LogP contribution in [-0.4, -0.2) is 29.8 Å². The van der Waals surface area contributed by atoms with E-state index in [0.29, 0.717) is 18.4 Å². The number of nitrogen functional groups attached to an aromatic ring is 1. The molecule has 3 aliphatic rings. The monoisotopic (exact) mass is 346 g/mol. The molecule has 1 aromatic rings. The fourth-order valence-electron chi connectivity index (χ4n) is 3.61. The van der Waals surface area contributed by atoms with Crippen LogP contribution in [0.3, 0.4) is 0 Å². The Balaban J connectivity index is 1.78. The molecule has 1 aromatic carbocycles. The van der Waals surface area contributed by atoms with Crippen LogP contribution in [0, 0.1) is 5.92 Å². The number of carbonyl (C=O) groups is 1. The Morgan fingerprint density at radius 2 is 1.91 bits per heavy atom. The van der Waals surface area contributed by atoms with Gasteiger partial charge >= 0.3 is 6.18 Å². The number of hydrogen-bond donors (Lipinski definition) is 1. The lowest BCUT2D eigenvalue weighted by atomic mass is 9.80. The molecule has 3 heterocycles. The van der Waals surface area contributed by atoms with E-state index in [4.69, 9.17) is 17.3 Å². The van der Waals surface area contributed by atoms with Crippen LogP contribution in [0.2, 0.25) is 5.02 Å². The fraction of sp³-hybridized carbons (Fsp3) is 0.562. The lowest BCUT2D eigenvalue weighted by Gasteiger charge is -2.44. The molecule has 0 radical (unpaired) electrons. The molecule has 0 amide bonds. The molecule has 23 heavy (non-hydrogen) atoms. The number of nitrogens with two attached hydrogens (primary N) is 1. The third-order valence-corrected chi connectivity index (χ3v) is 5.24. The van der Waals surface area contributed by atoms with E-state index in [1.165, 1.54) is 0 Å². The van der Waals surface area contributed by atoms with E-state index in [0.717, 1.165) is 38.1 Å². The van der Waals surface area contributed by atoms with Crippen molar-refractivity contribution in [3.05, 3.63) is 28.3 Å². The summed E-state index contributed by atoms with van der Waals surface area (Å²) in [5, 5.41) is -0.0911. The molecular formula is C16H18ClF3N2O. The van der Waals surface area contributed by atoms with Gasteiger partial charge in [-0.05, 0) is 56.5 Å². The molecule has 3 saturated heterocycles. The molecule has 3 aliphatic heterocycles. The first kappa shape index (κ1) is 16.6. The van der Waals surface area contributed by atoms with Gasteiger partial charge in [0.05, 0.1) is 22.3 Å². The van der Waals surface area contributed by atoms with Crippen LogP contribution >= 0.6 is 11.6 Å². The van der Waals surface area contributed by atoms with Crippen LogP contribution in [0.1, 0.15) is 30.4 Å². The van der Waals surface area contributed by atoms with Crippen molar-refractivity contribution in [3.8, 4) is 0 Å². The maximum atomic E-state index is 12.9. The maximum Gasteiger partial charge on any atom is 0.416 e. The summed E-state index contributed by atoms with van der Waals surface area (Å²) in [6.45, 7) is 1.78. The molecule has 3 fully saturated rings. The Labute approximate surface area is 137 Å². The number of aryl methyl sites for hydroxylation is 1. The number of Topliss-reactive ketones (excluding diaryl/α,β-unsaturated/α-hetero) is 1. The van der Waals surface area contributed by atoms with E-state index in [2.05, 4.69) is 4.90 Å². The summed E-state index contributed by atoms with van der Waals surface area (Å²) >= 11 is 5.84. The molecule has 2 N–H and O–H groups in total. The number of alkyl halides is 3. The number of hydrogen-bond acceptors (Lipinski definition) is 3. The largest absolute Gasteiger partial charge is 0.416 e. The SMILES string of the molecule is Nc1c(Cl)cc(C(F)(F)F)cc1CCC1C(=O)C2CCN1CC2. The van der Waals surface area contributed by atoms with Crippen molar-refractivity contribution in [1.82, 2.24) is 4.90 Å². The Morgan fingerprint density at radius 1 is 1.26 bits per heavy atom. The van der Waals surface area contributed by atoms with Gasteiger partial charge < -0.3 is 5.73 Å². The second kappa shape index (κ2) is 5.98. The second-order valence-electron chi connectivity index (χ2n) is 6.30. The molecular weight excluding hydrogens is 329 g/mol. The standard InChI is InChI=1S/C16H18ClF3N2O/c17-12-8-11(16(18,19)20)7-10(14(12)21)1-2-13-15(23)9-3-5-22(13)6-4-9/h7-9,13H,1-6,21H2. The number of rotatable bonds is 3. The normalized spacial score (nSPS) is 27.5. The van der Waals surface area contributed by atoms with Gasteiger partial charge in [0, 0.05) is 5.92 Å². The smallest absolute Gasteiger partial charge is 0.397 e. The summed E-state index contributed by atoms with van der Waals surface area (Å²) in [5.41, 5.74) is 5.55. The molecule has 0 aliphatic carbocycles. The van der Waals surface area contributed by atoms with Crippen molar-refractivity contribution in [2.75, 3.05) is 18.8 Å². The first-order valence-electron chi connectivity index (χ1n) is 7.70. The van der Waals surface area contributed by atoms with Crippen molar-refractivity contribution in [2.24, 2.45) is 5.92 Å². The number of fused-ring (bicyclic) bond motifs is 3. The van der Waals surface area contributed by atoms with Crippen LogP contribution in [0.5, 0.6) is 0 Å². The number of halogens is 4. The van der Waals surface area contributed by atoms with Crippen LogP contribution in [0.25, 0.3) is 0 Å². The van der Waals surface area contributed by atoms with Gasteiger partial charge in [-0.15, -0.1) is 0 Å². The highest BCUT2D eigenvalue weighted by Gasteiger charge is 2.40. The van der Waals surface area contributed by atoms with Crippen molar-refractivity contribution in [2.45, 2.75) is 37.9 Å². The highest BCUT2D eigenvalue weighted by molar-refractivity contribution is 6.33. The fourth-order valence-corrected chi connectivity index (χ4v) is 3.85. The highest BCUT2D eigenvalue weighted by Crippen LogP contribution is 2.36. The van der Waals surface area contributed by atoms with Gasteiger partial charge in [-0.25, -0.2) is 0 Å². The van der Waals surface area contributed by atoms with Crippen LogP contribution in [-0.2, 0) is 17.4 Å². The molecule has 126 valence electrons. The summed E-state index contributed by atoms with van der Waals surface area (Å²) in [4.78, 5) is 14.4. The number of anilines is 1. The summed E-state index contributed by atoms with van der Waals surface area (Å²) in [6, 6.07) is 1.69. The third-order valence-electron chi connectivity index (χ3n) is 4.93. The molecule has 2 bridgehead atoms. The molecule has 1 atom stereocenters. The van der Waals surface area contributed by atoms with Gasteiger partial charge in [-0.2, -0.15) is 13.2 Å². The maximum absolute atomic E-state index is 12.9. The van der Waals surface area contributed by atoms with Crippen molar-refractivity contribution < 1.29 is 18.0 Å². The van der Waals surface area contributed by atoms with E-state index in [9.17, 15) is 18.0 Å². The molecule has 3 nitrogen and oxygen atoms in total. The first-order chi connectivity index (χ1) is 10.8. The number of piperidine rings is 3. The second-order valence-corrected chi connectivity index (χ2v) is 6.70. The summed E-state index contributed by atoms with van der Waals surface area (Å²) in [5.74, 6) is 0.339. The zero-order chi connectivity index (χ0) is 16.8. The summed E-state index contributed by atoms with van der Waals surface area (Å²) in [6.07, 6.45) is -1.87. The van der Waals surface area contributed by atoms with E-state index >= 15 is 0 Å². The van der Waals surface area contributed by atoms with Crippen LogP contribution in [0.15, 0.2) is 12.1 Å². The predicted octanol–water partition coefficient (Wildman–Crippen LogP) is 3.54. The van der Waals surface area contributed by atoms with Gasteiger partial charge in [-0.3, -0.25) is 9.69 Å². The van der Waals surface area contributed by atoms with Gasteiger partial charge in [0.2, 0.25) is 0 Å². The van der Waals surface area contributed by atoms with E-state index < -0.39 is 11.7 Å². The average Bonchev–Trinajstić information content (AvgIpc) is 2.50. The highest BCUT2D eigenvalue weighted by atomic mass is 35.5. The van der Waals surface area contributed by atoms with Crippen molar-refractivity contribution >= 4 is 23.1 Å². The summed E-state index contributed by atoms with van der Waals surface area (Å²) in [7, 11) is 0. The molecule has 0 aromatic heterocycles. The lowest BCUT2D eigenvalue weighted by molar-refractivity contribution is -0.138. The van der Waals surface area contributed by atoms with Crippen LogP contribution in [0.4, 0.5) is 18.9 Å². The topological polar surface area (TPSA) is 46.3 Å². The van der Waals surface area contributed by atoms with E-state index in [1.807, 2.05) is 0 Å². The minimum absolute atomic E-state index is 0.0911. The minimum Gasteiger partial charge on any atom is -0.397 e. The Morgan fingerprint density at radius 3 is 2.48 bits per heavy atom. The van der Waals surface area contributed by atoms with E-state index in [1.54, 1.807) is 0 Å². The quantitative estimate of drug-likeness (QED) is 0.852. The van der Waals surface area contributed by atoms with Gasteiger partial charge in [0.25, 0.3) is 0 Å². The Hall–Kier alpha value is -1.27. The number of nitrogens with zero attached hydrogens (tertiary/aromatic N) is 1. The molecule has 7 heteroatoms. The predicted molar refractivity (Wildman–Crippen MR) is 82.3 cm³/mol. The molecule has 0 spiro atoms. The van der Waals surface area contributed by atoms with Gasteiger partial charge in [0.15, 0.2) is 5.78 Å². The summed E-state index contributed by atoms with van der Waals surface area (Å²) < 4.78 is 38.7. The molecule has 1 unspecified atom stereocenters. The number of ketones is 1. The van der Waals surface area contributed by atoms with Crippen molar-refractivity contribution in [1.29, 1.82) is 0 Å². The lowest BCUT2D eigenvalue weighted by Crippen LogP contribution is -2.55. The van der Waals surface area contributed by atoms with Gasteiger partial charge in [-0.1, -0.05) is 11.6 Å². The third kappa shape index (κ3) is 3.19. The Kier molecular flexibility index (Phi) is 4.31.